The Kier molecular flexibility index (Phi) is 9.54. The van der Waals surface area contributed by atoms with Gasteiger partial charge in [0.25, 0.3) is 0 Å². The maximum atomic E-state index is 14.5. The number of ether oxygens (including phenoxy) is 3. The van der Waals surface area contributed by atoms with Gasteiger partial charge in [-0.05, 0) is 86.1 Å². The summed E-state index contributed by atoms with van der Waals surface area (Å²) in [4.78, 5) is 59.2. The smallest absolute Gasteiger partial charge is 0.410 e. The summed E-state index contributed by atoms with van der Waals surface area (Å²) >= 11 is 6.13. The molecular weight excluding hydrogens is 724 g/mol. The van der Waals surface area contributed by atoms with Gasteiger partial charge in [0.2, 0.25) is 18.6 Å². The number of ketones is 1. The van der Waals surface area contributed by atoms with E-state index in [-0.39, 0.29) is 38.0 Å². The molecule has 0 radical (unpaired) electrons. The standard InChI is InChI=1S/C38H43ClN4O9S/c39-26-8-10-27(11-9-26)40-30-7-5-3-1-2-4-6-25-17-38(25,34(44)21-53(48,49)29-12-13-29)41-35(45)31-16-28(20-43(31)36(30)46)52-37(47)42-18-23-14-32-33(51-22-50-32)15-24(23)19-42/h4,6,8-11,14-15,25,28-31,40H,1-3,5,7,12-13,16-22H2,(H,41,45)/b6-4-/t25-,28-,30+,31+,38-/m1/s1. The molecule has 2 aromatic carbocycles. The number of nitrogens with zero attached hydrogens (tertiary/aromatic N) is 2. The Labute approximate surface area is 313 Å². The molecule has 4 heterocycles. The first kappa shape index (κ1) is 35.7. The SMILES string of the molecule is O=C1N[C@]2(C(=O)CS(=O)(=O)C3CC3)C[C@H]2/C=C\CCCCC[C@H](Nc2ccc(Cl)cc2)C(=O)N2C[C@H](OC(=O)N3Cc4cc5c(cc4C3)OCO5)C[C@@H]12. The molecule has 2 saturated carbocycles. The normalized spacial score (nSPS) is 28.8. The third kappa shape index (κ3) is 7.44. The Balaban J connectivity index is 1.04. The maximum absolute atomic E-state index is 14.5. The van der Waals surface area contributed by atoms with Gasteiger partial charge in [0.05, 0.1) is 11.8 Å². The van der Waals surface area contributed by atoms with Crippen molar-refractivity contribution in [2.24, 2.45) is 5.92 Å². The number of benzene rings is 2. The Morgan fingerprint density at radius 2 is 1.72 bits per heavy atom. The topological polar surface area (TPSA) is 161 Å². The van der Waals surface area contributed by atoms with E-state index in [2.05, 4.69) is 10.6 Å². The molecule has 0 spiro atoms. The quantitative estimate of drug-likeness (QED) is 0.384. The number of anilines is 1. The largest absolute Gasteiger partial charge is 0.454 e. The number of hydrogen-bond acceptors (Lipinski definition) is 10. The number of carbonyl (C=O) groups is 4. The number of amides is 3. The van der Waals surface area contributed by atoms with Crippen LogP contribution in [0.1, 0.15) is 68.9 Å². The minimum atomic E-state index is -3.63. The predicted molar refractivity (Wildman–Crippen MR) is 194 cm³/mol. The molecule has 3 amide bonds. The fourth-order valence-electron chi connectivity index (χ4n) is 7.98. The number of nitrogens with one attached hydrogen (secondary N) is 2. The van der Waals surface area contributed by atoms with Crippen LogP contribution in [-0.4, -0.2) is 90.0 Å². The van der Waals surface area contributed by atoms with E-state index in [1.807, 2.05) is 24.3 Å². The van der Waals surface area contributed by atoms with Crippen LogP contribution in [-0.2, 0) is 42.0 Å². The van der Waals surface area contributed by atoms with Crippen LogP contribution in [0, 0.1) is 5.92 Å². The fraction of sp³-hybridized carbons (Fsp3) is 0.526. The summed E-state index contributed by atoms with van der Waals surface area (Å²) in [6, 6.07) is 8.98. The second-order valence-electron chi connectivity index (χ2n) is 15.0. The number of rotatable bonds is 7. The molecule has 13 nitrogen and oxygen atoms in total. The zero-order chi connectivity index (χ0) is 36.9. The summed E-state index contributed by atoms with van der Waals surface area (Å²) in [5, 5.41) is 6.32. The van der Waals surface area contributed by atoms with Crippen molar-refractivity contribution in [1.82, 2.24) is 15.1 Å². The van der Waals surface area contributed by atoms with Crippen molar-refractivity contribution in [2.45, 2.75) is 99.9 Å². The van der Waals surface area contributed by atoms with Crippen LogP contribution in [0.15, 0.2) is 48.6 Å². The van der Waals surface area contributed by atoms with Crippen LogP contribution >= 0.6 is 11.6 Å². The summed E-state index contributed by atoms with van der Waals surface area (Å²) in [5.41, 5.74) is 1.15. The molecule has 0 bridgehead atoms. The van der Waals surface area contributed by atoms with Crippen molar-refractivity contribution in [3.63, 3.8) is 0 Å². The Bertz CT molecular complexity index is 1920. The van der Waals surface area contributed by atoms with Crippen molar-refractivity contribution >= 4 is 50.8 Å². The van der Waals surface area contributed by atoms with Crippen molar-refractivity contribution < 1.29 is 41.8 Å². The van der Waals surface area contributed by atoms with Gasteiger partial charge in [0.1, 0.15) is 29.5 Å². The van der Waals surface area contributed by atoms with Crippen LogP contribution in [0.3, 0.4) is 0 Å². The molecule has 0 unspecified atom stereocenters. The van der Waals surface area contributed by atoms with E-state index < -0.39 is 62.4 Å². The number of hydrogen-bond donors (Lipinski definition) is 2. The summed E-state index contributed by atoms with van der Waals surface area (Å²) in [7, 11) is -3.63. The van der Waals surface area contributed by atoms with Gasteiger partial charge in [0, 0.05) is 36.1 Å². The van der Waals surface area contributed by atoms with E-state index >= 15 is 0 Å². The average Bonchev–Trinajstić information content (AvgIpc) is 3.94. The van der Waals surface area contributed by atoms with Gasteiger partial charge in [-0.15, -0.1) is 0 Å². The predicted octanol–water partition coefficient (Wildman–Crippen LogP) is 4.51. The molecule has 3 fully saturated rings. The molecule has 2 aliphatic carbocycles. The van der Waals surface area contributed by atoms with Gasteiger partial charge >= 0.3 is 6.09 Å². The minimum Gasteiger partial charge on any atom is -0.454 e. The fourth-order valence-corrected chi connectivity index (χ4v) is 9.81. The lowest BCUT2D eigenvalue weighted by atomic mass is 10.0. The zero-order valence-electron chi connectivity index (χ0n) is 29.3. The maximum Gasteiger partial charge on any atom is 0.410 e. The van der Waals surface area contributed by atoms with Crippen LogP contribution < -0.4 is 20.1 Å². The lowest BCUT2D eigenvalue weighted by Crippen LogP contribution is -2.55. The lowest BCUT2D eigenvalue weighted by molar-refractivity contribution is -0.140. The number of Topliss-reactive ketones (excluding diaryl/α,β-unsaturated/α-hetero) is 1. The summed E-state index contributed by atoms with van der Waals surface area (Å²) < 4.78 is 42.8. The van der Waals surface area contributed by atoms with E-state index in [9.17, 15) is 27.6 Å². The second-order valence-corrected chi connectivity index (χ2v) is 17.8. The van der Waals surface area contributed by atoms with Gasteiger partial charge in [0.15, 0.2) is 27.1 Å². The number of allylic oxidation sites excluding steroid dienone is 1. The molecule has 282 valence electrons. The molecule has 1 saturated heterocycles. The third-order valence-corrected chi connectivity index (χ3v) is 13.6. The molecule has 0 aromatic heterocycles. The van der Waals surface area contributed by atoms with Gasteiger partial charge in [-0.2, -0.15) is 0 Å². The highest BCUT2D eigenvalue weighted by molar-refractivity contribution is 7.93. The van der Waals surface area contributed by atoms with Crippen LogP contribution in [0.25, 0.3) is 0 Å². The molecule has 2 N–H and O–H groups in total. The third-order valence-electron chi connectivity index (χ3n) is 11.2. The van der Waals surface area contributed by atoms with Crippen molar-refractivity contribution in [3.05, 3.63) is 64.7 Å². The van der Waals surface area contributed by atoms with Crippen molar-refractivity contribution in [1.29, 1.82) is 0 Å². The number of fused-ring (bicyclic) bond motifs is 4. The zero-order valence-corrected chi connectivity index (χ0v) is 30.8. The van der Waals surface area contributed by atoms with E-state index in [4.69, 9.17) is 25.8 Å². The first-order chi connectivity index (χ1) is 25.5. The van der Waals surface area contributed by atoms with Crippen LogP contribution in [0.2, 0.25) is 5.02 Å². The first-order valence-electron chi connectivity index (χ1n) is 18.4. The number of sulfone groups is 1. The molecule has 15 heteroatoms. The van der Waals surface area contributed by atoms with E-state index in [1.54, 1.807) is 29.2 Å². The van der Waals surface area contributed by atoms with E-state index in [0.29, 0.717) is 54.6 Å². The van der Waals surface area contributed by atoms with Gasteiger partial charge in [-0.3, -0.25) is 19.3 Å². The van der Waals surface area contributed by atoms with E-state index in [1.165, 1.54) is 4.90 Å². The monoisotopic (exact) mass is 766 g/mol. The molecule has 2 aromatic rings. The van der Waals surface area contributed by atoms with E-state index in [0.717, 1.165) is 36.8 Å². The Morgan fingerprint density at radius 3 is 2.42 bits per heavy atom. The van der Waals surface area contributed by atoms with Crippen molar-refractivity contribution in [3.8, 4) is 11.5 Å². The molecule has 6 aliphatic rings. The van der Waals surface area contributed by atoms with Crippen molar-refractivity contribution in [2.75, 3.05) is 24.4 Å². The molecule has 53 heavy (non-hydrogen) atoms. The summed E-state index contributed by atoms with van der Waals surface area (Å²) in [6.45, 7) is 0.734. The number of halogens is 1. The molecular formula is C38H43ClN4O9S. The molecule has 4 aliphatic heterocycles. The highest BCUT2D eigenvalue weighted by atomic mass is 35.5. The highest BCUT2D eigenvalue weighted by Crippen LogP contribution is 2.47. The van der Waals surface area contributed by atoms with Crippen LogP contribution in [0.4, 0.5) is 10.5 Å². The van der Waals surface area contributed by atoms with Gasteiger partial charge in [-0.1, -0.05) is 36.6 Å². The van der Waals surface area contributed by atoms with Crippen LogP contribution in [0.5, 0.6) is 11.5 Å². The first-order valence-corrected chi connectivity index (χ1v) is 20.5. The number of carbonyl (C=O) groups excluding carboxylic acids is 4. The summed E-state index contributed by atoms with van der Waals surface area (Å²) in [6.07, 6.45) is 7.60. The van der Waals surface area contributed by atoms with Gasteiger partial charge in [-0.25, -0.2) is 13.2 Å². The van der Waals surface area contributed by atoms with Gasteiger partial charge < -0.3 is 29.7 Å². The summed E-state index contributed by atoms with van der Waals surface area (Å²) in [5.74, 6) is -1.19. The molecule has 8 rings (SSSR count). The second kappa shape index (κ2) is 14.2. The Morgan fingerprint density at radius 1 is 1.00 bits per heavy atom. The lowest BCUT2D eigenvalue weighted by Gasteiger charge is -2.30. The Hall–Kier alpha value is -4.30. The molecule has 5 atom stereocenters. The highest BCUT2D eigenvalue weighted by Gasteiger charge is 2.61. The average molecular weight is 767 g/mol. The minimum absolute atomic E-state index is 0.0128.